The van der Waals surface area contributed by atoms with Crippen LogP contribution in [0.1, 0.15) is 37.7 Å². The molecule has 8 nitrogen and oxygen atoms in total. The summed E-state index contributed by atoms with van der Waals surface area (Å²) in [5.74, 6) is 0.353. The second kappa shape index (κ2) is 9.93. The molecule has 4 aromatic rings. The van der Waals surface area contributed by atoms with Crippen molar-refractivity contribution in [3.05, 3.63) is 71.7 Å². The number of halogens is 3. The average Bonchev–Trinajstić information content (AvgIpc) is 2.87. The lowest BCUT2D eigenvalue weighted by Crippen LogP contribution is -2.24. The van der Waals surface area contributed by atoms with Crippen LogP contribution in [0.15, 0.2) is 59.6 Å². The first-order valence-electron chi connectivity index (χ1n) is 11.5. The minimum Gasteiger partial charge on any atom is -0.388 e. The molecule has 200 valence electrons. The van der Waals surface area contributed by atoms with Crippen LogP contribution in [0.4, 0.5) is 24.7 Å². The topological polar surface area (TPSA) is 117 Å². The largest absolute Gasteiger partial charge is 0.418 e. The summed E-state index contributed by atoms with van der Waals surface area (Å²) in [6, 6.07) is 11.5. The van der Waals surface area contributed by atoms with Gasteiger partial charge in [0.05, 0.1) is 21.7 Å². The molecule has 0 unspecified atom stereocenters. The number of anilines is 2. The van der Waals surface area contributed by atoms with Gasteiger partial charge in [0.2, 0.25) is 10.0 Å². The predicted octanol–water partition coefficient (Wildman–Crippen LogP) is 5.15. The van der Waals surface area contributed by atoms with Crippen molar-refractivity contribution in [2.24, 2.45) is 0 Å². The molecule has 4 rings (SSSR count). The van der Waals surface area contributed by atoms with E-state index < -0.39 is 33.8 Å². The highest BCUT2D eigenvalue weighted by Gasteiger charge is 2.34. The summed E-state index contributed by atoms with van der Waals surface area (Å²) < 4.78 is 68.2. The molecule has 0 atom stereocenters. The van der Waals surface area contributed by atoms with E-state index in [4.69, 9.17) is 0 Å². The molecule has 2 heterocycles. The van der Waals surface area contributed by atoms with Gasteiger partial charge in [-0.2, -0.15) is 13.2 Å². The molecule has 0 bridgehead atoms. The number of rotatable bonds is 6. The Labute approximate surface area is 218 Å². The maximum atomic E-state index is 13.6. The number of hydrogen-bond donors (Lipinski definition) is 3. The van der Waals surface area contributed by atoms with Crippen molar-refractivity contribution in [2.75, 3.05) is 12.4 Å². The van der Waals surface area contributed by atoms with Crippen molar-refractivity contribution in [3.8, 4) is 11.3 Å². The fourth-order valence-corrected chi connectivity index (χ4v) is 5.15. The van der Waals surface area contributed by atoms with E-state index in [1.54, 1.807) is 18.2 Å². The highest BCUT2D eigenvalue weighted by molar-refractivity contribution is 7.89. The minimum absolute atomic E-state index is 0.0552. The number of pyridine rings is 1. The van der Waals surface area contributed by atoms with E-state index in [9.17, 15) is 26.7 Å². The van der Waals surface area contributed by atoms with Crippen molar-refractivity contribution in [3.63, 3.8) is 0 Å². The molecule has 0 amide bonds. The van der Waals surface area contributed by atoms with Gasteiger partial charge in [0, 0.05) is 22.8 Å². The Morgan fingerprint density at radius 3 is 2.34 bits per heavy atom. The van der Waals surface area contributed by atoms with E-state index in [1.165, 1.54) is 37.5 Å². The van der Waals surface area contributed by atoms with Crippen LogP contribution in [0.2, 0.25) is 0 Å². The fourth-order valence-electron chi connectivity index (χ4n) is 4.03. The highest BCUT2D eigenvalue weighted by Crippen LogP contribution is 2.37. The van der Waals surface area contributed by atoms with Gasteiger partial charge < -0.3 is 10.4 Å². The van der Waals surface area contributed by atoms with Crippen molar-refractivity contribution in [1.82, 2.24) is 19.7 Å². The van der Waals surface area contributed by atoms with Crippen LogP contribution >= 0.6 is 0 Å². The third-order valence-electron chi connectivity index (χ3n) is 5.88. The lowest BCUT2D eigenvalue weighted by Gasteiger charge is -2.24. The lowest BCUT2D eigenvalue weighted by molar-refractivity contribution is -0.137. The summed E-state index contributed by atoms with van der Waals surface area (Å²) in [6.07, 6.45) is -3.31. The Kier molecular flexibility index (Phi) is 7.17. The summed E-state index contributed by atoms with van der Waals surface area (Å²) in [4.78, 5) is 12.7. The number of benzene rings is 2. The molecule has 0 aliphatic heterocycles. The molecule has 0 saturated carbocycles. The van der Waals surface area contributed by atoms with E-state index in [-0.39, 0.29) is 22.0 Å². The average molecular weight is 546 g/mol. The van der Waals surface area contributed by atoms with Crippen molar-refractivity contribution in [2.45, 2.75) is 43.9 Å². The zero-order chi connectivity index (χ0) is 27.9. The Morgan fingerprint density at radius 2 is 1.71 bits per heavy atom. The van der Waals surface area contributed by atoms with Crippen LogP contribution in [-0.2, 0) is 28.2 Å². The number of sulfonamides is 1. The number of aromatic nitrogens is 3. The normalized spacial score (nSPS) is 12.6. The van der Waals surface area contributed by atoms with Gasteiger partial charge in [-0.3, -0.25) is 4.98 Å². The van der Waals surface area contributed by atoms with Gasteiger partial charge in [-0.1, -0.05) is 26.8 Å². The maximum absolute atomic E-state index is 13.6. The molecule has 0 aliphatic carbocycles. The molecule has 12 heteroatoms. The molecule has 2 aromatic heterocycles. The first-order chi connectivity index (χ1) is 17.7. The number of hydrogen-bond acceptors (Lipinski definition) is 7. The van der Waals surface area contributed by atoms with Crippen LogP contribution in [0, 0.1) is 0 Å². The van der Waals surface area contributed by atoms with Gasteiger partial charge in [-0.25, -0.2) is 23.1 Å². The molecule has 0 saturated heterocycles. The minimum atomic E-state index is -4.59. The number of aliphatic hydroxyl groups excluding tert-OH is 1. The van der Waals surface area contributed by atoms with Crippen molar-refractivity contribution >= 4 is 32.4 Å². The molecule has 0 fully saturated rings. The summed E-state index contributed by atoms with van der Waals surface area (Å²) in [5.41, 5.74) is -0.0351. The number of aliphatic hydroxyl groups is 1. The van der Waals surface area contributed by atoms with Crippen LogP contribution < -0.4 is 10.0 Å². The van der Waals surface area contributed by atoms with Crippen molar-refractivity contribution in [1.29, 1.82) is 0 Å². The Morgan fingerprint density at radius 1 is 0.974 bits per heavy atom. The van der Waals surface area contributed by atoms with Gasteiger partial charge in [-0.15, -0.1) is 0 Å². The molecule has 0 radical (unpaired) electrons. The number of fused-ring (bicyclic) bond motifs is 1. The van der Waals surface area contributed by atoms with E-state index >= 15 is 0 Å². The van der Waals surface area contributed by atoms with E-state index in [0.29, 0.717) is 28.0 Å². The van der Waals surface area contributed by atoms with Gasteiger partial charge in [0.25, 0.3) is 0 Å². The van der Waals surface area contributed by atoms with Crippen LogP contribution in [0.5, 0.6) is 0 Å². The SMILES string of the molecule is CNS(=O)(=O)c1ccc(Nc2nc(CO)nc3cc(-c4ncccc4C(F)(F)F)ccc23)cc1C(C)(C)C. The Balaban J connectivity index is 1.84. The van der Waals surface area contributed by atoms with Gasteiger partial charge in [0.15, 0.2) is 5.82 Å². The smallest absolute Gasteiger partial charge is 0.388 e. The second-order valence-electron chi connectivity index (χ2n) is 9.57. The van der Waals surface area contributed by atoms with Crippen LogP contribution in [-0.4, -0.2) is 35.5 Å². The zero-order valence-electron chi connectivity index (χ0n) is 21.1. The summed E-state index contributed by atoms with van der Waals surface area (Å²) in [7, 11) is -2.37. The van der Waals surface area contributed by atoms with E-state index in [0.717, 1.165) is 6.07 Å². The molecule has 2 aromatic carbocycles. The molecule has 3 N–H and O–H groups in total. The number of nitrogens with one attached hydrogen (secondary N) is 2. The molecule has 0 spiro atoms. The Bertz CT molecular complexity index is 1620. The maximum Gasteiger partial charge on any atom is 0.418 e. The second-order valence-corrected chi connectivity index (χ2v) is 11.4. The van der Waals surface area contributed by atoms with E-state index in [2.05, 4.69) is 25.0 Å². The molecule has 0 aliphatic rings. The summed E-state index contributed by atoms with van der Waals surface area (Å²) >= 11 is 0. The number of nitrogens with zero attached hydrogens (tertiary/aromatic N) is 3. The molecular weight excluding hydrogens is 519 g/mol. The van der Waals surface area contributed by atoms with Crippen molar-refractivity contribution < 1.29 is 26.7 Å². The standard InChI is InChI=1S/C26H26F3N5O3S/c1-25(2,3)19-13-16(8-10-21(19)38(36,37)30-4)32-24-17-9-7-15(12-20(17)33-22(14-35)34-24)23-18(26(27,28)29)6-5-11-31-23/h5-13,30,35H,14H2,1-4H3,(H,32,33,34). The number of alkyl halides is 3. The van der Waals surface area contributed by atoms with Crippen LogP contribution in [0.25, 0.3) is 22.2 Å². The lowest BCUT2D eigenvalue weighted by atomic mass is 9.87. The summed E-state index contributed by atoms with van der Waals surface area (Å²) in [5, 5.41) is 13.4. The quantitative estimate of drug-likeness (QED) is 0.307. The zero-order valence-corrected chi connectivity index (χ0v) is 21.9. The third-order valence-corrected chi connectivity index (χ3v) is 7.35. The third kappa shape index (κ3) is 5.47. The van der Waals surface area contributed by atoms with E-state index in [1.807, 2.05) is 20.8 Å². The fraction of sp³-hybridized carbons (Fsp3) is 0.269. The Hall–Kier alpha value is -3.61. The van der Waals surface area contributed by atoms with Gasteiger partial charge >= 0.3 is 6.18 Å². The first kappa shape index (κ1) is 27.4. The molecule has 38 heavy (non-hydrogen) atoms. The monoisotopic (exact) mass is 545 g/mol. The van der Waals surface area contributed by atoms with Gasteiger partial charge in [-0.05, 0) is 60.5 Å². The summed E-state index contributed by atoms with van der Waals surface area (Å²) in [6.45, 7) is 5.16. The van der Waals surface area contributed by atoms with Gasteiger partial charge in [0.1, 0.15) is 12.4 Å². The highest BCUT2D eigenvalue weighted by atomic mass is 32.2. The van der Waals surface area contributed by atoms with Crippen LogP contribution in [0.3, 0.4) is 0 Å². The first-order valence-corrected chi connectivity index (χ1v) is 13.0. The predicted molar refractivity (Wildman–Crippen MR) is 138 cm³/mol. The molecular formula is C26H26F3N5O3S.